The number of benzene rings is 2. The number of fused-ring (bicyclic) bond motifs is 1. The van der Waals surface area contributed by atoms with Gasteiger partial charge in [0.2, 0.25) is 0 Å². The van der Waals surface area contributed by atoms with Gasteiger partial charge in [0, 0.05) is 17.1 Å². The molecule has 0 aliphatic heterocycles. The minimum absolute atomic E-state index is 0.748. The van der Waals surface area contributed by atoms with Crippen LogP contribution in [0.4, 0.5) is 0 Å². The van der Waals surface area contributed by atoms with Crippen molar-refractivity contribution in [2.45, 2.75) is 13.5 Å². The maximum atomic E-state index is 6.32. The van der Waals surface area contributed by atoms with E-state index in [9.17, 15) is 0 Å². The molecule has 0 fully saturated rings. The summed E-state index contributed by atoms with van der Waals surface area (Å²) < 4.78 is 7.61. The van der Waals surface area contributed by atoms with Crippen molar-refractivity contribution in [2.24, 2.45) is 0 Å². The van der Waals surface area contributed by atoms with Gasteiger partial charge in [0.1, 0.15) is 5.75 Å². The van der Waals surface area contributed by atoms with Crippen LogP contribution in [0.3, 0.4) is 0 Å². The van der Waals surface area contributed by atoms with E-state index in [1.54, 1.807) is 7.11 Å². The lowest BCUT2D eigenvalue weighted by atomic mass is 10.1. The van der Waals surface area contributed by atoms with E-state index in [4.69, 9.17) is 16.3 Å². The predicted octanol–water partition coefficient (Wildman–Crippen LogP) is 4.66. The quantitative estimate of drug-likeness (QED) is 0.683. The van der Waals surface area contributed by atoms with Crippen LogP contribution in [0.2, 0.25) is 5.02 Å². The van der Waals surface area contributed by atoms with Gasteiger partial charge in [-0.05, 0) is 25.1 Å². The molecule has 102 valence electrons. The first-order chi connectivity index (χ1) is 9.69. The van der Waals surface area contributed by atoms with Crippen molar-refractivity contribution in [1.29, 1.82) is 0 Å². The van der Waals surface area contributed by atoms with Crippen LogP contribution in [0, 0.1) is 6.92 Å². The molecule has 0 spiro atoms. The number of hydrogen-bond acceptors (Lipinski definition) is 1. The van der Waals surface area contributed by atoms with Gasteiger partial charge in [-0.15, -0.1) is 0 Å². The zero-order valence-corrected chi connectivity index (χ0v) is 12.3. The Balaban J connectivity index is 2.08. The summed E-state index contributed by atoms with van der Waals surface area (Å²) in [6, 6.07) is 14.3. The molecule has 2 nitrogen and oxygen atoms in total. The Morgan fingerprint density at radius 3 is 2.80 bits per heavy atom. The molecule has 3 heteroatoms. The summed E-state index contributed by atoms with van der Waals surface area (Å²) in [5.74, 6) is 0.907. The van der Waals surface area contributed by atoms with Gasteiger partial charge in [-0.2, -0.15) is 0 Å². The summed E-state index contributed by atoms with van der Waals surface area (Å²) >= 11 is 6.32. The number of aromatic nitrogens is 1. The number of halogens is 1. The Hall–Kier alpha value is -1.93. The number of methoxy groups -OCH3 is 1. The summed E-state index contributed by atoms with van der Waals surface area (Å²) in [7, 11) is 1.70. The van der Waals surface area contributed by atoms with Gasteiger partial charge in [0.15, 0.2) is 0 Å². The van der Waals surface area contributed by atoms with Gasteiger partial charge in [0.25, 0.3) is 0 Å². The summed E-state index contributed by atoms with van der Waals surface area (Å²) in [6.07, 6.45) is 2.07. The lowest BCUT2D eigenvalue weighted by Crippen LogP contribution is -2.01. The maximum Gasteiger partial charge on any atom is 0.123 e. The Kier molecular flexibility index (Phi) is 3.41. The average molecular weight is 286 g/mol. The number of para-hydroxylation sites is 1. The van der Waals surface area contributed by atoms with Crippen molar-refractivity contribution in [3.63, 3.8) is 0 Å². The molecule has 0 saturated carbocycles. The van der Waals surface area contributed by atoms with E-state index in [-0.39, 0.29) is 0 Å². The first-order valence-electron chi connectivity index (χ1n) is 6.56. The van der Waals surface area contributed by atoms with E-state index in [0.29, 0.717) is 0 Å². The van der Waals surface area contributed by atoms with Crippen LogP contribution >= 0.6 is 11.6 Å². The van der Waals surface area contributed by atoms with Crippen molar-refractivity contribution < 1.29 is 4.74 Å². The SMILES string of the molecule is COc1ccc(C)cc1Cn1ccc2cccc(Cl)c21. The van der Waals surface area contributed by atoms with Crippen LogP contribution in [0.5, 0.6) is 5.75 Å². The predicted molar refractivity (Wildman–Crippen MR) is 83.8 cm³/mol. The van der Waals surface area contributed by atoms with E-state index < -0.39 is 0 Å². The van der Waals surface area contributed by atoms with Gasteiger partial charge < -0.3 is 9.30 Å². The highest BCUT2D eigenvalue weighted by Gasteiger charge is 2.08. The van der Waals surface area contributed by atoms with Gasteiger partial charge in [-0.1, -0.05) is 41.4 Å². The number of ether oxygens (including phenoxy) is 1. The molecule has 0 atom stereocenters. The fourth-order valence-electron chi connectivity index (χ4n) is 2.56. The molecule has 0 bridgehead atoms. The van der Waals surface area contributed by atoms with Crippen molar-refractivity contribution in [3.05, 3.63) is 64.8 Å². The Morgan fingerprint density at radius 1 is 1.15 bits per heavy atom. The standard InChI is InChI=1S/C17H16ClNO/c1-12-6-7-16(20-2)14(10-12)11-19-9-8-13-4-3-5-15(18)17(13)19/h3-10H,11H2,1-2H3. The van der Waals surface area contributed by atoms with Gasteiger partial charge >= 0.3 is 0 Å². The molecule has 2 aromatic carbocycles. The second-order valence-corrected chi connectivity index (χ2v) is 5.34. The van der Waals surface area contributed by atoms with E-state index in [0.717, 1.165) is 33.8 Å². The highest BCUT2D eigenvalue weighted by Crippen LogP contribution is 2.27. The Bertz CT molecular complexity index is 761. The summed E-state index contributed by atoms with van der Waals surface area (Å²) in [4.78, 5) is 0. The molecule has 0 amide bonds. The van der Waals surface area contributed by atoms with E-state index in [1.165, 1.54) is 5.56 Å². The lowest BCUT2D eigenvalue weighted by molar-refractivity contribution is 0.408. The molecule has 1 aromatic heterocycles. The smallest absolute Gasteiger partial charge is 0.123 e. The number of aryl methyl sites for hydroxylation is 1. The Morgan fingerprint density at radius 2 is 2.00 bits per heavy atom. The fourth-order valence-corrected chi connectivity index (χ4v) is 2.85. The van der Waals surface area contributed by atoms with Gasteiger partial charge in [-0.25, -0.2) is 0 Å². The molecule has 3 rings (SSSR count). The van der Waals surface area contributed by atoms with E-state index in [2.05, 4.69) is 42.0 Å². The molecular weight excluding hydrogens is 270 g/mol. The molecule has 3 aromatic rings. The van der Waals surface area contributed by atoms with E-state index in [1.807, 2.05) is 18.2 Å². The first-order valence-corrected chi connectivity index (χ1v) is 6.93. The third-order valence-electron chi connectivity index (χ3n) is 3.52. The van der Waals surface area contributed by atoms with Crippen LogP contribution in [0.15, 0.2) is 48.7 Å². The first kappa shape index (κ1) is 13.1. The Labute approximate surface area is 123 Å². The molecule has 0 radical (unpaired) electrons. The zero-order chi connectivity index (χ0) is 14.1. The molecule has 0 aliphatic carbocycles. The van der Waals surface area contributed by atoms with Crippen LogP contribution in [0.1, 0.15) is 11.1 Å². The van der Waals surface area contributed by atoms with Crippen molar-refractivity contribution in [2.75, 3.05) is 7.11 Å². The molecule has 0 aliphatic rings. The monoisotopic (exact) mass is 285 g/mol. The van der Waals surface area contributed by atoms with Gasteiger partial charge in [0.05, 0.1) is 24.2 Å². The molecular formula is C17H16ClNO. The molecule has 1 heterocycles. The van der Waals surface area contributed by atoms with Crippen LogP contribution in [0.25, 0.3) is 10.9 Å². The summed E-state index contributed by atoms with van der Waals surface area (Å²) in [5, 5.41) is 1.93. The van der Waals surface area contributed by atoms with Crippen molar-refractivity contribution >= 4 is 22.5 Å². The van der Waals surface area contributed by atoms with Crippen LogP contribution < -0.4 is 4.74 Å². The maximum absolute atomic E-state index is 6.32. The molecule has 0 N–H and O–H groups in total. The van der Waals surface area contributed by atoms with Crippen molar-refractivity contribution in [1.82, 2.24) is 4.57 Å². The summed E-state index contributed by atoms with van der Waals surface area (Å²) in [5.41, 5.74) is 3.45. The molecule has 0 unspecified atom stereocenters. The highest BCUT2D eigenvalue weighted by molar-refractivity contribution is 6.35. The number of hydrogen-bond donors (Lipinski definition) is 0. The van der Waals surface area contributed by atoms with Gasteiger partial charge in [-0.3, -0.25) is 0 Å². The van der Waals surface area contributed by atoms with E-state index >= 15 is 0 Å². The molecule has 20 heavy (non-hydrogen) atoms. The normalized spacial score (nSPS) is 10.9. The fraction of sp³-hybridized carbons (Fsp3) is 0.176. The highest BCUT2D eigenvalue weighted by atomic mass is 35.5. The second-order valence-electron chi connectivity index (χ2n) is 4.94. The number of rotatable bonds is 3. The van der Waals surface area contributed by atoms with Crippen LogP contribution in [-0.4, -0.2) is 11.7 Å². The average Bonchev–Trinajstić information content (AvgIpc) is 2.84. The second kappa shape index (κ2) is 5.22. The van der Waals surface area contributed by atoms with Crippen LogP contribution in [-0.2, 0) is 6.54 Å². The largest absolute Gasteiger partial charge is 0.496 e. The topological polar surface area (TPSA) is 14.2 Å². The zero-order valence-electron chi connectivity index (χ0n) is 11.6. The lowest BCUT2D eigenvalue weighted by Gasteiger charge is -2.12. The third-order valence-corrected chi connectivity index (χ3v) is 3.82. The third kappa shape index (κ3) is 2.27. The summed E-state index contributed by atoms with van der Waals surface area (Å²) in [6.45, 7) is 2.84. The van der Waals surface area contributed by atoms with Crippen molar-refractivity contribution in [3.8, 4) is 5.75 Å². The molecule has 0 saturated heterocycles. The number of nitrogens with zero attached hydrogens (tertiary/aromatic N) is 1. The minimum atomic E-state index is 0.748. The minimum Gasteiger partial charge on any atom is -0.496 e.